The average Bonchev–Trinajstić information content (AvgIpc) is 3.50. The Bertz CT molecular complexity index is 2650. The first kappa shape index (κ1) is 31.1. The van der Waals surface area contributed by atoms with Gasteiger partial charge in [-0.1, -0.05) is 146 Å². The van der Waals surface area contributed by atoms with Crippen LogP contribution in [0.4, 0.5) is 0 Å². The van der Waals surface area contributed by atoms with Crippen LogP contribution < -0.4 is 11.5 Å². The Balaban J connectivity index is 1.42. The van der Waals surface area contributed by atoms with Crippen LogP contribution in [-0.2, 0) is 0 Å². The van der Waals surface area contributed by atoms with E-state index in [0.29, 0.717) is 0 Å². The third-order valence-electron chi connectivity index (χ3n) is 9.80. The number of allylic oxidation sites excluding steroid dienone is 4. The van der Waals surface area contributed by atoms with Crippen molar-refractivity contribution in [3.05, 3.63) is 181 Å². The zero-order chi connectivity index (χ0) is 34.2. The van der Waals surface area contributed by atoms with Gasteiger partial charge in [0.05, 0.1) is 16.7 Å². The van der Waals surface area contributed by atoms with Crippen molar-refractivity contribution in [2.45, 2.75) is 19.9 Å². The average molecular weight is 646 g/mol. The van der Waals surface area contributed by atoms with Crippen molar-refractivity contribution in [3.63, 3.8) is 0 Å². The van der Waals surface area contributed by atoms with E-state index in [0.717, 1.165) is 50.3 Å². The van der Waals surface area contributed by atoms with E-state index in [1.165, 1.54) is 37.8 Å². The molecular weight excluding hydrogens is 607 g/mol. The highest BCUT2D eigenvalue weighted by atomic mass is 15.0. The fourth-order valence-electron chi connectivity index (χ4n) is 7.46. The lowest BCUT2D eigenvalue weighted by molar-refractivity contribution is 0.912. The Morgan fingerprint density at radius 3 is 2.14 bits per heavy atom. The van der Waals surface area contributed by atoms with Crippen molar-refractivity contribution < 1.29 is 0 Å². The molecule has 50 heavy (non-hydrogen) atoms. The maximum atomic E-state index is 6.66. The molecule has 8 rings (SSSR count). The first-order valence-corrected chi connectivity index (χ1v) is 17.2. The fourth-order valence-corrected chi connectivity index (χ4v) is 7.46. The number of aromatic nitrogens is 1. The number of hydrogen-bond donors (Lipinski definition) is 2. The van der Waals surface area contributed by atoms with Crippen molar-refractivity contribution in [1.29, 1.82) is 0 Å². The fraction of sp³-hybridized carbons (Fsp3) is 0.0638. The molecule has 0 bridgehead atoms. The Labute approximate surface area is 293 Å². The highest BCUT2D eigenvalue weighted by Gasteiger charge is 2.19. The van der Waals surface area contributed by atoms with Gasteiger partial charge in [0.15, 0.2) is 0 Å². The van der Waals surface area contributed by atoms with Crippen LogP contribution in [0.25, 0.3) is 77.0 Å². The predicted molar refractivity (Wildman–Crippen MR) is 215 cm³/mol. The number of rotatable bonds is 7. The van der Waals surface area contributed by atoms with Crippen molar-refractivity contribution in [3.8, 4) is 27.9 Å². The molecule has 3 heteroatoms. The van der Waals surface area contributed by atoms with E-state index in [-0.39, 0.29) is 6.04 Å². The maximum absolute atomic E-state index is 6.66. The van der Waals surface area contributed by atoms with Gasteiger partial charge in [-0.25, -0.2) is 0 Å². The van der Waals surface area contributed by atoms with Crippen LogP contribution >= 0.6 is 0 Å². The smallest absolute Gasteiger partial charge is 0.0619 e. The van der Waals surface area contributed by atoms with Crippen LogP contribution in [0, 0.1) is 0 Å². The summed E-state index contributed by atoms with van der Waals surface area (Å²) >= 11 is 0. The summed E-state index contributed by atoms with van der Waals surface area (Å²) in [6.07, 6.45) is 10.0. The molecular formula is C47H39N3. The van der Waals surface area contributed by atoms with E-state index in [1.54, 1.807) is 0 Å². The molecule has 0 aliphatic carbocycles. The number of benzene rings is 7. The Hall–Kier alpha value is -6.16. The molecule has 3 nitrogen and oxygen atoms in total. The molecule has 0 fully saturated rings. The van der Waals surface area contributed by atoms with Crippen LogP contribution in [0.2, 0.25) is 0 Å². The predicted octanol–water partition coefficient (Wildman–Crippen LogP) is 11.9. The molecule has 0 saturated carbocycles. The molecule has 0 aliphatic heterocycles. The third-order valence-corrected chi connectivity index (χ3v) is 9.80. The summed E-state index contributed by atoms with van der Waals surface area (Å²) < 4.78 is 2.47. The van der Waals surface area contributed by atoms with Gasteiger partial charge in [-0.15, -0.1) is 0 Å². The van der Waals surface area contributed by atoms with E-state index in [9.17, 15) is 0 Å². The molecule has 0 amide bonds. The third kappa shape index (κ3) is 5.29. The molecule has 0 spiro atoms. The van der Waals surface area contributed by atoms with Gasteiger partial charge in [0.2, 0.25) is 0 Å². The number of nitrogens with two attached hydrogens (primary N) is 2. The lowest BCUT2D eigenvalue weighted by Gasteiger charge is -2.16. The zero-order valence-electron chi connectivity index (χ0n) is 28.3. The summed E-state index contributed by atoms with van der Waals surface area (Å²) in [4.78, 5) is 0. The second kappa shape index (κ2) is 13.0. The number of fused-ring (bicyclic) bond motifs is 6. The van der Waals surface area contributed by atoms with E-state index in [2.05, 4.69) is 144 Å². The largest absolute Gasteiger partial charge is 0.398 e. The second-order valence-electron chi connectivity index (χ2n) is 12.8. The molecule has 7 aromatic carbocycles. The molecule has 1 heterocycles. The molecule has 1 atom stereocenters. The first-order chi connectivity index (χ1) is 24.6. The summed E-state index contributed by atoms with van der Waals surface area (Å²) in [7, 11) is 0. The first-order valence-electron chi connectivity index (χ1n) is 17.2. The van der Waals surface area contributed by atoms with E-state index < -0.39 is 0 Å². The van der Waals surface area contributed by atoms with E-state index in [1.807, 2.05) is 44.2 Å². The van der Waals surface area contributed by atoms with Crippen LogP contribution in [0.5, 0.6) is 0 Å². The molecule has 8 aromatic rings. The van der Waals surface area contributed by atoms with Crippen LogP contribution in [0.15, 0.2) is 170 Å². The summed E-state index contributed by atoms with van der Waals surface area (Å²) in [6.45, 7) is 4.01. The quantitative estimate of drug-likeness (QED) is 0.134. The minimum absolute atomic E-state index is 0.187. The maximum Gasteiger partial charge on any atom is 0.0619 e. The lowest BCUT2D eigenvalue weighted by atomic mass is 9.94. The van der Waals surface area contributed by atoms with E-state index >= 15 is 0 Å². The highest BCUT2D eigenvalue weighted by Crippen LogP contribution is 2.41. The van der Waals surface area contributed by atoms with Crippen LogP contribution in [0.3, 0.4) is 0 Å². The number of nitrogens with zero attached hydrogens (tertiary/aromatic N) is 1. The van der Waals surface area contributed by atoms with Gasteiger partial charge >= 0.3 is 0 Å². The van der Waals surface area contributed by atoms with Gasteiger partial charge in [-0.3, -0.25) is 0 Å². The monoisotopic (exact) mass is 645 g/mol. The van der Waals surface area contributed by atoms with Gasteiger partial charge in [0.1, 0.15) is 0 Å². The zero-order valence-corrected chi connectivity index (χ0v) is 28.3. The highest BCUT2D eigenvalue weighted by molar-refractivity contribution is 6.20. The molecule has 4 N–H and O–H groups in total. The summed E-state index contributed by atoms with van der Waals surface area (Å²) in [5.74, 6) is 0. The van der Waals surface area contributed by atoms with Gasteiger partial charge in [-0.2, -0.15) is 0 Å². The standard InChI is InChI=1S/C47H39N3/c1-3-5-21-44(49)40-20-11-8-16-35(40)32-23-26-38-33(29-32)25-28-42-41-27-24-34(36-17-9-10-19-39(36)43(48)13-4-2)30-46(41)50(47(38)42)45-22-12-15-31-14-6-7-18-37(31)45/h3-30,43H,48-49H2,1-2H3/b5-3-,13-4-,44-21-. The molecule has 0 radical (unpaired) electrons. The molecule has 0 aliphatic rings. The Morgan fingerprint density at radius 1 is 0.600 bits per heavy atom. The lowest BCUT2D eigenvalue weighted by Crippen LogP contribution is -2.08. The topological polar surface area (TPSA) is 57.0 Å². The molecule has 242 valence electrons. The van der Waals surface area contributed by atoms with Crippen molar-refractivity contribution in [2.75, 3.05) is 0 Å². The Kier molecular flexibility index (Phi) is 8.12. The molecule has 1 aromatic heterocycles. The Morgan fingerprint density at radius 2 is 1.30 bits per heavy atom. The summed E-state index contributed by atoms with van der Waals surface area (Å²) in [6, 6.07) is 50.1. The SMILES string of the molecule is C/C=C\C=C(/N)c1ccccc1-c1ccc2c(ccc3c4ccc(-c5ccccc5C(N)/C=C\C)cc4n(-c4cccc5ccccc45)c23)c1. The number of hydrogen-bond acceptors (Lipinski definition) is 2. The van der Waals surface area contributed by atoms with Crippen molar-refractivity contribution >= 4 is 49.0 Å². The van der Waals surface area contributed by atoms with Gasteiger partial charge in [0.25, 0.3) is 0 Å². The summed E-state index contributed by atoms with van der Waals surface area (Å²) in [5.41, 5.74) is 24.1. The van der Waals surface area contributed by atoms with Crippen LogP contribution in [0.1, 0.15) is 31.0 Å². The molecule has 1 unspecified atom stereocenters. The van der Waals surface area contributed by atoms with Gasteiger partial charge < -0.3 is 16.0 Å². The van der Waals surface area contributed by atoms with Crippen molar-refractivity contribution in [1.82, 2.24) is 4.57 Å². The minimum atomic E-state index is -0.187. The summed E-state index contributed by atoms with van der Waals surface area (Å²) in [5, 5.41) is 7.22. The van der Waals surface area contributed by atoms with Crippen LogP contribution in [-0.4, -0.2) is 4.57 Å². The van der Waals surface area contributed by atoms with Gasteiger partial charge in [0, 0.05) is 38.8 Å². The normalized spacial score (nSPS) is 13.1. The minimum Gasteiger partial charge on any atom is -0.398 e. The second-order valence-corrected chi connectivity index (χ2v) is 12.8. The molecule has 0 saturated heterocycles. The van der Waals surface area contributed by atoms with Crippen molar-refractivity contribution in [2.24, 2.45) is 11.5 Å². The van der Waals surface area contributed by atoms with Gasteiger partial charge in [-0.05, 0) is 76.7 Å². The van der Waals surface area contributed by atoms with E-state index in [4.69, 9.17) is 11.5 Å².